The lowest BCUT2D eigenvalue weighted by Gasteiger charge is -2.12. The summed E-state index contributed by atoms with van der Waals surface area (Å²) in [5.74, 6) is -0.144. The van der Waals surface area contributed by atoms with Gasteiger partial charge in [-0.25, -0.2) is 9.78 Å². The van der Waals surface area contributed by atoms with Crippen LogP contribution in [0.2, 0.25) is 10.2 Å². The van der Waals surface area contributed by atoms with Crippen LogP contribution in [-0.2, 0) is 11.3 Å². The molecule has 0 aliphatic carbocycles. The first kappa shape index (κ1) is 24.0. The van der Waals surface area contributed by atoms with Crippen molar-refractivity contribution in [3.05, 3.63) is 86.5 Å². The largest absolute Gasteiger partial charge is 0.489 e. The summed E-state index contributed by atoms with van der Waals surface area (Å²) in [6, 6.07) is 12.1. The highest BCUT2D eigenvalue weighted by Gasteiger charge is 2.19. The van der Waals surface area contributed by atoms with Gasteiger partial charge in [-0.2, -0.15) is 0 Å². The fraction of sp³-hybridized carbons (Fsp3) is 0.160. The van der Waals surface area contributed by atoms with Gasteiger partial charge >= 0.3 is 5.97 Å². The van der Waals surface area contributed by atoms with Gasteiger partial charge in [-0.05, 0) is 61.2 Å². The molecule has 174 valence electrons. The standard InChI is InChI=1S/C25H20Cl2N2O4S/c1-3-32-25(31)19-11-28-23(27)21-16(13-34-22(19)21)12-33-20-10-15(5-4-14(20)2)24(30)29-18-8-6-17(26)7-9-18/h4-11,13H,3,12H2,1-2H3,(H,29,30). The number of fused-ring (bicyclic) bond motifs is 1. The number of esters is 1. The molecule has 0 saturated carbocycles. The number of benzene rings is 2. The second kappa shape index (κ2) is 10.4. The van der Waals surface area contributed by atoms with E-state index in [1.165, 1.54) is 17.5 Å². The molecule has 0 fully saturated rings. The molecular formula is C25H20Cl2N2O4S. The van der Waals surface area contributed by atoms with Crippen molar-refractivity contribution in [2.45, 2.75) is 20.5 Å². The van der Waals surface area contributed by atoms with Crippen molar-refractivity contribution in [1.29, 1.82) is 0 Å². The molecule has 0 bridgehead atoms. The van der Waals surface area contributed by atoms with Crippen LogP contribution >= 0.6 is 34.5 Å². The van der Waals surface area contributed by atoms with Crippen molar-refractivity contribution in [2.24, 2.45) is 0 Å². The first-order valence-electron chi connectivity index (χ1n) is 10.4. The second-order valence-electron chi connectivity index (χ2n) is 7.38. The summed E-state index contributed by atoms with van der Waals surface area (Å²) < 4.78 is 11.9. The van der Waals surface area contributed by atoms with E-state index in [9.17, 15) is 9.59 Å². The summed E-state index contributed by atoms with van der Waals surface area (Å²) in [4.78, 5) is 29.1. The molecule has 0 atom stereocenters. The summed E-state index contributed by atoms with van der Waals surface area (Å²) in [5, 5.41) is 6.26. The van der Waals surface area contributed by atoms with Crippen LogP contribution in [0.3, 0.4) is 0 Å². The Morgan fingerprint density at radius 3 is 2.62 bits per heavy atom. The summed E-state index contributed by atoms with van der Waals surface area (Å²) >= 11 is 13.6. The molecule has 2 heterocycles. The topological polar surface area (TPSA) is 77.5 Å². The number of aryl methyl sites for hydroxylation is 1. The number of pyridine rings is 1. The van der Waals surface area contributed by atoms with Gasteiger partial charge < -0.3 is 14.8 Å². The van der Waals surface area contributed by atoms with Crippen molar-refractivity contribution < 1.29 is 19.1 Å². The van der Waals surface area contributed by atoms with E-state index in [4.69, 9.17) is 32.7 Å². The maximum atomic E-state index is 12.7. The van der Waals surface area contributed by atoms with Crippen molar-refractivity contribution in [3.63, 3.8) is 0 Å². The molecule has 4 rings (SSSR count). The van der Waals surface area contributed by atoms with Crippen LogP contribution in [0.1, 0.15) is 38.8 Å². The van der Waals surface area contributed by atoms with Crippen LogP contribution < -0.4 is 10.1 Å². The van der Waals surface area contributed by atoms with Crippen molar-refractivity contribution in [1.82, 2.24) is 4.98 Å². The van der Waals surface area contributed by atoms with E-state index in [0.717, 1.165) is 11.1 Å². The summed E-state index contributed by atoms with van der Waals surface area (Å²) in [6.07, 6.45) is 1.43. The first-order chi connectivity index (χ1) is 16.4. The average molecular weight is 515 g/mol. The highest BCUT2D eigenvalue weighted by atomic mass is 35.5. The molecule has 0 spiro atoms. The van der Waals surface area contributed by atoms with Gasteiger partial charge in [-0.3, -0.25) is 4.79 Å². The molecular weight excluding hydrogens is 495 g/mol. The Labute approximate surface area is 210 Å². The SMILES string of the molecule is CCOC(=O)c1cnc(Cl)c2c(COc3cc(C(=O)Nc4ccc(Cl)cc4)ccc3C)csc12. The van der Waals surface area contributed by atoms with E-state index in [0.29, 0.717) is 37.7 Å². The zero-order valence-electron chi connectivity index (χ0n) is 18.4. The lowest BCUT2D eigenvalue weighted by Crippen LogP contribution is -2.12. The van der Waals surface area contributed by atoms with Crippen LogP contribution in [0.15, 0.2) is 54.0 Å². The maximum Gasteiger partial charge on any atom is 0.341 e. The number of anilines is 1. The third kappa shape index (κ3) is 5.17. The molecule has 0 aliphatic rings. The summed E-state index contributed by atoms with van der Waals surface area (Å²) in [6.45, 7) is 4.11. The maximum absolute atomic E-state index is 12.7. The lowest BCUT2D eigenvalue weighted by molar-refractivity contribution is 0.0528. The molecule has 0 aliphatic heterocycles. The Kier molecular flexibility index (Phi) is 7.36. The number of nitrogens with one attached hydrogen (secondary N) is 1. The van der Waals surface area contributed by atoms with E-state index >= 15 is 0 Å². The average Bonchev–Trinajstić information content (AvgIpc) is 3.25. The molecule has 9 heteroatoms. The van der Waals surface area contributed by atoms with E-state index < -0.39 is 5.97 Å². The van der Waals surface area contributed by atoms with E-state index in [2.05, 4.69) is 10.3 Å². The number of rotatable bonds is 7. The van der Waals surface area contributed by atoms with E-state index in [1.807, 2.05) is 18.4 Å². The number of nitrogens with zero attached hydrogens (tertiary/aromatic N) is 1. The van der Waals surface area contributed by atoms with Crippen LogP contribution in [0.25, 0.3) is 10.1 Å². The van der Waals surface area contributed by atoms with Crippen LogP contribution in [0.4, 0.5) is 5.69 Å². The number of carbonyl (C=O) groups is 2. The Hall–Kier alpha value is -3.13. The molecule has 0 radical (unpaired) electrons. The Balaban J connectivity index is 1.54. The highest BCUT2D eigenvalue weighted by Crippen LogP contribution is 2.35. The van der Waals surface area contributed by atoms with Crippen molar-refractivity contribution in [2.75, 3.05) is 11.9 Å². The molecule has 2 aromatic heterocycles. The zero-order valence-corrected chi connectivity index (χ0v) is 20.7. The summed E-state index contributed by atoms with van der Waals surface area (Å²) in [5.41, 5.74) is 3.13. The fourth-order valence-electron chi connectivity index (χ4n) is 3.31. The number of aromatic nitrogens is 1. The number of carbonyl (C=O) groups excluding carboxylic acids is 2. The summed E-state index contributed by atoms with van der Waals surface area (Å²) in [7, 11) is 0. The number of hydrogen-bond acceptors (Lipinski definition) is 6. The number of thiophene rings is 1. The predicted octanol–water partition coefficient (Wildman–Crippen LogP) is 6.92. The zero-order chi connectivity index (χ0) is 24.2. The van der Waals surface area contributed by atoms with Crippen molar-refractivity contribution in [3.8, 4) is 5.75 Å². The van der Waals surface area contributed by atoms with Gasteiger partial charge in [0.15, 0.2) is 0 Å². The number of ether oxygens (including phenoxy) is 2. The van der Waals surface area contributed by atoms with Gasteiger partial charge in [0.05, 0.1) is 16.9 Å². The minimum Gasteiger partial charge on any atom is -0.489 e. The van der Waals surface area contributed by atoms with Gasteiger partial charge in [0.1, 0.15) is 17.5 Å². The third-order valence-corrected chi connectivity index (χ3v) is 6.66. The Morgan fingerprint density at radius 1 is 1.12 bits per heavy atom. The number of halogens is 2. The molecule has 4 aromatic rings. The normalized spacial score (nSPS) is 10.8. The number of amides is 1. The van der Waals surface area contributed by atoms with E-state index in [-0.39, 0.29) is 24.3 Å². The quantitative estimate of drug-likeness (QED) is 0.214. The van der Waals surface area contributed by atoms with Gasteiger partial charge in [0, 0.05) is 33.4 Å². The Morgan fingerprint density at radius 2 is 1.88 bits per heavy atom. The molecule has 34 heavy (non-hydrogen) atoms. The van der Waals surface area contributed by atoms with Gasteiger partial charge in [0.25, 0.3) is 5.91 Å². The fourth-order valence-corrected chi connectivity index (χ4v) is 4.81. The van der Waals surface area contributed by atoms with Gasteiger partial charge in [-0.1, -0.05) is 29.3 Å². The van der Waals surface area contributed by atoms with Crippen LogP contribution in [0.5, 0.6) is 5.75 Å². The minimum atomic E-state index is -0.443. The molecule has 6 nitrogen and oxygen atoms in total. The van der Waals surface area contributed by atoms with Crippen molar-refractivity contribution >= 4 is 62.2 Å². The molecule has 2 aromatic carbocycles. The Bertz CT molecular complexity index is 1370. The predicted molar refractivity (Wildman–Crippen MR) is 136 cm³/mol. The van der Waals surface area contributed by atoms with Gasteiger partial charge in [-0.15, -0.1) is 11.3 Å². The van der Waals surface area contributed by atoms with Gasteiger partial charge in [0.2, 0.25) is 0 Å². The first-order valence-corrected chi connectivity index (χ1v) is 12.0. The third-order valence-electron chi connectivity index (χ3n) is 5.06. The second-order valence-corrected chi connectivity index (χ2v) is 9.05. The number of hydrogen-bond donors (Lipinski definition) is 1. The smallest absolute Gasteiger partial charge is 0.341 e. The van der Waals surface area contributed by atoms with E-state index in [1.54, 1.807) is 43.3 Å². The van der Waals surface area contributed by atoms with Crippen LogP contribution in [0, 0.1) is 6.92 Å². The molecule has 1 amide bonds. The monoisotopic (exact) mass is 514 g/mol. The molecule has 0 unspecified atom stereocenters. The lowest BCUT2D eigenvalue weighted by atomic mass is 10.1. The van der Waals surface area contributed by atoms with Crippen LogP contribution in [-0.4, -0.2) is 23.5 Å². The highest BCUT2D eigenvalue weighted by molar-refractivity contribution is 7.17. The molecule has 1 N–H and O–H groups in total. The molecule has 0 saturated heterocycles. The minimum absolute atomic E-state index is 0.191.